The molecule has 0 aliphatic carbocycles. The van der Waals surface area contributed by atoms with Crippen molar-refractivity contribution in [3.05, 3.63) is 12.2 Å². The third-order valence-corrected chi connectivity index (χ3v) is 2.78. The summed E-state index contributed by atoms with van der Waals surface area (Å²) in [5.74, 6) is -2.27. The largest absolute Gasteiger partial charge is 0.466 e. The molecule has 20 heavy (non-hydrogen) atoms. The fraction of sp³-hybridized carbons (Fsp3) is 0.733. The van der Waals surface area contributed by atoms with Crippen LogP contribution in [-0.2, 0) is 19.1 Å². The first-order valence-electron chi connectivity index (χ1n) is 7.24. The minimum Gasteiger partial charge on any atom is -0.466 e. The molecule has 0 amide bonds. The highest BCUT2D eigenvalue weighted by Gasteiger charge is 2.33. The third-order valence-electron chi connectivity index (χ3n) is 2.78. The van der Waals surface area contributed by atoms with E-state index in [1.54, 1.807) is 19.9 Å². The number of hydrogen-bond acceptors (Lipinski definition) is 5. The zero-order valence-electron chi connectivity index (χ0n) is 12.6. The van der Waals surface area contributed by atoms with Crippen molar-refractivity contribution >= 4 is 11.9 Å². The molecule has 0 bridgehead atoms. The van der Waals surface area contributed by atoms with Crippen molar-refractivity contribution in [1.29, 1.82) is 0 Å². The number of carbonyl (C=O) groups excluding carboxylic acids is 2. The first-order valence-corrected chi connectivity index (χ1v) is 7.24. The van der Waals surface area contributed by atoms with Crippen LogP contribution < -0.4 is 0 Å². The molecule has 116 valence electrons. The van der Waals surface area contributed by atoms with Crippen molar-refractivity contribution in [3.63, 3.8) is 0 Å². The molecule has 0 unspecified atom stereocenters. The molecule has 0 aromatic carbocycles. The average molecular weight is 286 g/mol. The zero-order chi connectivity index (χ0) is 15.4. The number of allylic oxidation sites excluding steroid dienone is 2. The molecule has 0 fully saturated rings. The summed E-state index contributed by atoms with van der Waals surface area (Å²) in [5.41, 5.74) is 0. The van der Waals surface area contributed by atoms with Crippen LogP contribution in [0.2, 0.25) is 0 Å². The van der Waals surface area contributed by atoms with E-state index in [1.165, 1.54) is 0 Å². The standard InChI is InChI=1S/C15H26O5/c1-4-7-8-9-10-11-12(14(17)19-5-2)13(16)15(18)20-6-3/h9-10,12-13,16H,4-8,11H2,1-3H3/b10-9+/t12-,13+/m1/s1. The number of esters is 2. The number of hydrogen-bond donors (Lipinski definition) is 1. The van der Waals surface area contributed by atoms with Gasteiger partial charge in [-0.25, -0.2) is 4.79 Å². The van der Waals surface area contributed by atoms with E-state index in [-0.39, 0.29) is 19.6 Å². The first-order chi connectivity index (χ1) is 9.58. The van der Waals surface area contributed by atoms with Gasteiger partial charge in [0.05, 0.1) is 19.1 Å². The molecule has 2 atom stereocenters. The molecule has 0 heterocycles. The summed E-state index contributed by atoms with van der Waals surface area (Å²) in [6.07, 6.45) is 5.62. The highest BCUT2D eigenvalue weighted by Crippen LogP contribution is 2.15. The van der Waals surface area contributed by atoms with Gasteiger partial charge in [0.2, 0.25) is 0 Å². The fourth-order valence-corrected chi connectivity index (χ4v) is 1.68. The zero-order valence-corrected chi connectivity index (χ0v) is 12.6. The van der Waals surface area contributed by atoms with Gasteiger partial charge < -0.3 is 14.6 Å². The van der Waals surface area contributed by atoms with Crippen molar-refractivity contribution in [1.82, 2.24) is 0 Å². The Kier molecular flexibility index (Phi) is 10.7. The molecule has 0 radical (unpaired) electrons. The average Bonchev–Trinajstić information content (AvgIpc) is 2.42. The Morgan fingerprint density at radius 2 is 1.65 bits per heavy atom. The smallest absolute Gasteiger partial charge is 0.335 e. The maximum atomic E-state index is 11.8. The van der Waals surface area contributed by atoms with Crippen LogP contribution in [0.4, 0.5) is 0 Å². The van der Waals surface area contributed by atoms with Gasteiger partial charge in [-0.1, -0.05) is 31.9 Å². The lowest BCUT2D eigenvalue weighted by Crippen LogP contribution is -2.37. The van der Waals surface area contributed by atoms with Crippen LogP contribution in [0.1, 0.15) is 46.5 Å². The molecule has 0 saturated heterocycles. The Morgan fingerprint density at radius 1 is 1.05 bits per heavy atom. The van der Waals surface area contributed by atoms with Gasteiger partial charge in [0.15, 0.2) is 6.10 Å². The normalized spacial score (nSPS) is 14.0. The molecular weight excluding hydrogens is 260 g/mol. The second kappa shape index (κ2) is 11.5. The molecule has 0 aliphatic rings. The van der Waals surface area contributed by atoms with Crippen molar-refractivity contribution in [2.24, 2.45) is 5.92 Å². The van der Waals surface area contributed by atoms with Gasteiger partial charge in [0, 0.05) is 0 Å². The monoisotopic (exact) mass is 286 g/mol. The van der Waals surface area contributed by atoms with Crippen molar-refractivity contribution in [2.45, 2.75) is 52.6 Å². The summed E-state index contributed by atoms with van der Waals surface area (Å²) in [7, 11) is 0. The van der Waals surface area contributed by atoms with Crippen molar-refractivity contribution < 1.29 is 24.2 Å². The molecule has 0 aliphatic heterocycles. The molecule has 0 rings (SSSR count). The molecule has 0 saturated carbocycles. The van der Waals surface area contributed by atoms with Crippen LogP contribution >= 0.6 is 0 Å². The highest BCUT2D eigenvalue weighted by atomic mass is 16.6. The minimum absolute atomic E-state index is 0.164. The first kappa shape index (κ1) is 18.6. The number of aliphatic hydroxyl groups is 1. The van der Waals surface area contributed by atoms with E-state index in [9.17, 15) is 14.7 Å². The predicted octanol–water partition coefficient (Wildman–Crippen LogP) is 2.23. The predicted molar refractivity (Wildman–Crippen MR) is 76.0 cm³/mol. The van der Waals surface area contributed by atoms with Crippen molar-refractivity contribution in [2.75, 3.05) is 13.2 Å². The van der Waals surface area contributed by atoms with E-state index in [4.69, 9.17) is 9.47 Å². The molecule has 1 N–H and O–H groups in total. The van der Waals surface area contributed by atoms with E-state index >= 15 is 0 Å². The lowest BCUT2D eigenvalue weighted by Gasteiger charge is -2.18. The Bertz CT molecular complexity index is 311. The summed E-state index contributed by atoms with van der Waals surface area (Å²) >= 11 is 0. The van der Waals surface area contributed by atoms with Crippen molar-refractivity contribution in [3.8, 4) is 0 Å². The van der Waals surface area contributed by atoms with Crippen LogP contribution in [0.25, 0.3) is 0 Å². The lowest BCUT2D eigenvalue weighted by atomic mass is 9.98. The highest BCUT2D eigenvalue weighted by molar-refractivity contribution is 5.83. The van der Waals surface area contributed by atoms with E-state index in [2.05, 4.69) is 6.92 Å². The SMILES string of the molecule is CCCC/C=C/C[C@@H](C(=O)OCC)[C@H](O)C(=O)OCC. The van der Waals surface area contributed by atoms with Crippen LogP contribution in [-0.4, -0.2) is 36.4 Å². The van der Waals surface area contributed by atoms with Crippen LogP contribution in [0, 0.1) is 5.92 Å². The molecule has 5 nitrogen and oxygen atoms in total. The third kappa shape index (κ3) is 7.28. The number of carbonyl (C=O) groups is 2. The lowest BCUT2D eigenvalue weighted by molar-refractivity contribution is -0.165. The second-order valence-electron chi connectivity index (χ2n) is 4.40. The number of ether oxygens (including phenoxy) is 2. The van der Waals surface area contributed by atoms with Crippen LogP contribution in [0.3, 0.4) is 0 Å². The summed E-state index contributed by atoms with van der Waals surface area (Å²) in [6, 6.07) is 0. The maximum Gasteiger partial charge on any atom is 0.335 e. The van der Waals surface area contributed by atoms with Gasteiger partial charge >= 0.3 is 11.9 Å². The van der Waals surface area contributed by atoms with E-state index in [0.717, 1.165) is 19.3 Å². The fourth-order valence-electron chi connectivity index (χ4n) is 1.68. The van der Waals surface area contributed by atoms with E-state index < -0.39 is 24.0 Å². The van der Waals surface area contributed by atoms with Gasteiger partial charge in [-0.15, -0.1) is 0 Å². The second-order valence-corrected chi connectivity index (χ2v) is 4.40. The van der Waals surface area contributed by atoms with Gasteiger partial charge in [0.25, 0.3) is 0 Å². The van der Waals surface area contributed by atoms with Crippen LogP contribution in [0.15, 0.2) is 12.2 Å². The summed E-state index contributed by atoms with van der Waals surface area (Å²) in [4.78, 5) is 23.3. The Labute approximate surface area is 121 Å². The van der Waals surface area contributed by atoms with Gasteiger partial charge in [-0.2, -0.15) is 0 Å². The Balaban J connectivity index is 4.59. The van der Waals surface area contributed by atoms with E-state index in [1.807, 2.05) is 6.08 Å². The summed E-state index contributed by atoms with van der Waals surface area (Å²) in [5, 5.41) is 9.90. The Morgan fingerprint density at radius 3 is 2.20 bits per heavy atom. The number of rotatable bonds is 10. The Hall–Kier alpha value is -1.36. The molecule has 0 aromatic heterocycles. The maximum absolute atomic E-state index is 11.8. The number of aliphatic hydroxyl groups excluding tert-OH is 1. The quantitative estimate of drug-likeness (QED) is 0.379. The molecular formula is C15H26O5. The molecule has 0 aromatic rings. The van der Waals surface area contributed by atoms with Gasteiger partial charge in [0.1, 0.15) is 0 Å². The topological polar surface area (TPSA) is 72.8 Å². The van der Waals surface area contributed by atoms with Crippen LogP contribution in [0.5, 0.6) is 0 Å². The van der Waals surface area contributed by atoms with Gasteiger partial charge in [-0.05, 0) is 26.7 Å². The number of unbranched alkanes of at least 4 members (excludes halogenated alkanes) is 2. The molecule has 5 heteroatoms. The summed E-state index contributed by atoms with van der Waals surface area (Å²) < 4.78 is 9.63. The molecule has 0 spiro atoms. The summed E-state index contributed by atoms with van der Waals surface area (Å²) in [6.45, 7) is 5.80. The minimum atomic E-state index is -1.48. The van der Waals surface area contributed by atoms with E-state index in [0.29, 0.717) is 0 Å². The van der Waals surface area contributed by atoms with Gasteiger partial charge in [-0.3, -0.25) is 4.79 Å².